The number of nitrogens with zero attached hydrogens (tertiary/aromatic N) is 1. The second-order valence-electron chi connectivity index (χ2n) is 27.4. The van der Waals surface area contributed by atoms with Crippen molar-refractivity contribution in [2.75, 3.05) is 10.2 Å². The van der Waals surface area contributed by atoms with Gasteiger partial charge < -0.3 is 10.2 Å². The second-order valence-corrected chi connectivity index (χ2v) is 27.4. The Hall–Kier alpha value is -7.88. The van der Waals surface area contributed by atoms with Crippen LogP contribution < -0.4 is 21.1 Å². The minimum atomic E-state index is 0.124. The first-order valence-electron chi connectivity index (χ1n) is 31.1. The molecule has 412 valence electrons. The third-order valence-electron chi connectivity index (χ3n) is 20.4. The zero-order chi connectivity index (χ0) is 57.3. The van der Waals surface area contributed by atoms with Gasteiger partial charge in [-0.1, -0.05) is 189 Å². The number of hydrogen-bond acceptors (Lipinski definition) is 2. The Morgan fingerprint density at radius 1 is 0.518 bits per heavy atom. The number of aryl methyl sites for hydroxylation is 3. The molecule has 1 heterocycles. The van der Waals surface area contributed by atoms with Gasteiger partial charge in [0.15, 0.2) is 7.28 Å². The molecular formula is C80H79BN2. The summed E-state index contributed by atoms with van der Waals surface area (Å²) in [6.45, 7) is 26.7. The van der Waals surface area contributed by atoms with E-state index in [0.717, 1.165) is 37.9 Å². The summed E-state index contributed by atoms with van der Waals surface area (Å²) in [5.41, 5.74) is 36.8. The van der Waals surface area contributed by atoms with Crippen LogP contribution >= 0.6 is 0 Å². The molecule has 0 aromatic heterocycles. The molecule has 3 aliphatic carbocycles. The quantitative estimate of drug-likeness (QED) is 0.145. The smallest absolute Gasteiger partial charge is 0.198 e. The maximum absolute atomic E-state index is 4.03. The highest BCUT2D eigenvalue weighted by Gasteiger charge is 2.40. The lowest BCUT2D eigenvalue weighted by Gasteiger charge is -2.42. The van der Waals surface area contributed by atoms with Gasteiger partial charge >= 0.3 is 0 Å². The van der Waals surface area contributed by atoms with Gasteiger partial charge in [-0.3, -0.25) is 0 Å². The fourth-order valence-corrected chi connectivity index (χ4v) is 15.6. The van der Waals surface area contributed by atoms with Crippen LogP contribution in [0.4, 0.5) is 28.4 Å². The van der Waals surface area contributed by atoms with Gasteiger partial charge in [0.2, 0.25) is 0 Å². The number of benzene rings is 10. The first kappa shape index (κ1) is 53.2. The van der Waals surface area contributed by atoms with Gasteiger partial charge in [-0.25, -0.2) is 0 Å². The van der Waals surface area contributed by atoms with E-state index in [9.17, 15) is 0 Å². The lowest BCUT2D eigenvalue weighted by molar-refractivity contribution is 0.332. The molecule has 14 rings (SSSR count). The summed E-state index contributed by atoms with van der Waals surface area (Å²) in [5, 5.41) is 6.47. The maximum atomic E-state index is 4.03. The molecule has 3 heteroatoms. The molecule has 1 aliphatic heterocycles. The van der Waals surface area contributed by atoms with E-state index in [-0.39, 0.29) is 16.2 Å². The summed E-state index contributed by atoms with van der Waals surface area (Å²) in [6, 6.07) is 68.0. The van der Waals surface area contributed by atoms with Crippen LogP contribution in [0.1, 0.15) is 149 Å². The van der Waals surface area contributed by atoms with E-state index in [0.29, 0.717) is 5.92 Å². The first-order chi connectivity index (χ1) is 39.9. The third-order valence-corrected chi connectivity index (χ3v) is 20.4. The van der Waals surface area contributed by atoms with Crippen LogP contribution in [0.15, 0.2) is 176 Å². The average Bonchev–Trinajstić information content (AvgIpc) is 2.26. The van der Waals surface area contributed by atoms with Gasteiger partial charge in [-0.15, -0.1) is 0 Å². The van der Waals surface area contributed by atoms with Crippen molar-refractivity contribution in [1.29, 1.82) is 0 Å². The number of hydrogen-bond donors (Lipinski definition) is 1. The average molecular weight is 1080 g/mol. The van der Waals surface area contributed by atoms with Crippen LogP contribution in [0, 0.1) is 20.8 Å². The van der Waals surface area contributed by atoms with E-state index in [1.165, 1.54) is 159 Å². The predicted octanol–water partition coefficient (Wildman–Crippen LogP) is 20.4. The van der Waals surface area contributed by atoms with E-state index in [1.807, 2.05) is 0 Å². The Morgan fingerprint density at radius 3 is 1.93 bits per heavy atom. The molecule has 0 saturated heterocycles. The standard InChI is InChI=1S/C80H79BN2/c1-12-20-56-39-61(31-32-63(56)75-50(4)37-70-76(51(75)5)49(3)33-34-78(70,6)7)83-73-44-58-38-57-42-68-69(80(10,11)36-35-79(68,8)9)46-64(57)65(58)47-71(73)81-77-67(41-59(45-74(77)83)62-26-19-16-21-48(62)2)66-40-54-24-17-18-25-55(54)43-72(66)82-60-29-27-53(28-30-60)52-22-14-13-15-23-52/h13-19,21-32,37,39-47,49,81-82H,12,20,33-36,38H2,1-11H3. The van der Waals surface area contributed by atoms with E-state index in [1.54, 1.807) is 16.7 Å². The van der Waals surface area contributed by atoms with E-state index in [4.69, 9.17) is 0 Å². The Bertz CT molecular complexity index is 4270. The third kappa shape index (κ3) is 8.99. The fourth-order valence-electron chi connectivity index (χ4n) is 15.6. The molecular weight excluding hydrogens is 1000 g/mol. The largest absolute Gasteiger partial charge is 0.355 e. The summed E-state index contributed by atoms with van der Waals surface area (Å²) in [4.78, 5) is 2.69. The molecule has 4 aliphatic rings. The molecule has 1 N–H and O–H groups in total. The molecule has 0 bridgehead atoms. The van der Waals surface area contributed by atoms with Crippen molar-refractivity contribution in [3.63, 3.8) is 0 Å². The van der Waals surface area contributed by atoms with Crippen LogP contribution in [0.3, 0.4) is 0 Å². The van der Waals surface area contributed by atoms with Gasteiger partial charge in [-0.05, 0) is 258 Å². The highest BCUT2D eigenvalue weighted by atomic mass is 15.1. The van der Waals surface area contributed by atoms with Gasteiger partial charge in [0.05, 0.1) is 0 Å². The van der Waals surface area contributed by atoms with Crippen molar-refractivity contribution in [3.8, 4) is 55.6 Å². The zero-order valence-corrected chi connectivity index (χ0v) is 50.9. The Labute approximate surface area is 495 Å². The summed E-state index contributed by atoms with van der Waals surface area (Å²) >= 11 is 0. The molecule has 2 nitrogen and oxygen atoms in total. The van der Waals surface area contributed by atoms with Crippen LogP contribution in [-0.4, -0.2) is 7.28 Å². The lowest BCUT2D eigenvalue weighted by Crippen LogP contribution is -2.41. The highest BCUT2D eigenvalue weighted by molar-refractivity contribution is 6.73. The molecule has 1 unspecified atom stereocenters. The van der Waals surface area contributed by atoms with Crippen molar-refractivity contribution in [1.82, 2.24) is 0 Å². The summed E-state index contributed by atoms with van der Waals surface area (Å²) in [6.07, 6.45) is 7.89. The molecule has 83 heavy (non-hydrogen) atoms. The molecule has 0 spiro atoms. The normalized spacial score (nSPS) is 16.7. The van der Waals surface area contributed by atoms with E-state index < -0.39 is 0 Å². The molecule has 10 aromatic carbocycles. The summed E-state index contributed by atoms with van der Waals surface area (Å²) in [7, 11) is 0.802. The van der Waals surface area contributed by atoms with Crippen LogP contribution in [0.2, 0.25) is 0 Å². The van der Waals surface area contributed by atoms with Gasteiger partial charge in [-0.2, -0.15) is 0 Å². The number of rotatable bonds is 9. The minimum Gasteiger partial charge on any atom is -0.355 e. The van der Waals surface area contributed by atoms with Gasteiger partial charge in [0.25, 0.3) is 0 Å². The molecule has 1 atom stereocenters. The summed E-state index contributed by atoms with van der Waals surface area (Å²) in [5.74, 6) is 0.541. The molecule has 0 saturated carbocycles. The number of anilines is 5. The lowest BCUT2D eigenvalue weighted by atomic mass is 9.57. The molecule has 0 radical (unpaired) electrons. The first-order valence-corrected chi connectivity index (χ1v) is 31.1. The fraction of sp³-hybridized carbons (Fsp3) is 0.275. The van der Waals surface area contributed by atoms with Crippen LogP contribution in [0.5, 0.6) is 0 Å². The predicted molar refractivity (Wildman–Crippen MR) is 359 cm³/mol. The van der Waals surface area contributed by atoms with Crippen molar-refractivity contribution < 1.29 is 0 Å². The van der Waals surface area contributed by atoms with Gasteiger partial charge in [0.1, 0.15) is 0 Å². The second kappa shape index (κ2) is 19.9. The van der Waals surface area contributed by atoms with Crippen molar-refractivity contribution in [2.45, 2.75) is 143 Å². The Kier molecular flexibility index (Phi) is 12.7. The topological polar surface area (TPSA) is 15.3 Å². The monoisotopic (exact) mass is 1080 g/mol. The van der Waals surface area contributed by atoms with Gasteiger partial charge in [0, 0.05) is 34.0 Å². The highest BCUT2D eigenvalue weighted by Crippen LogP contribution is 2.53. The minimum absolute atomic E-state index is 0.124. The Morgan fingerprint density at radius 2 is 1.18 bits per heavy atom. The number of nitrogens with one attached hydrogen (secondary N) is 1. The maximum Gasteiger partial charge on any atom is 0.198 e. The molecule has 0 amide bonds. The van der Waals surface area contributed by atoms with E-state index in [2.05, 4.69) is 262 Å². The Balaban J connectivity index is 1.01. The van der Waals surface area contributed by atoms with Crippen molar-refractivity contribution >= 4 is 57.4 Å². The van der Waals surface area contributed by atoms with Crippen LogP contribution in [0.25, 0.3) is 66.4 Å². The number of fused-ring (bicyclic) bond motifs is 8. The molecule has 0 fully saturated rings. The molecule has 10 aromatic rings. The SMILES string of the molecule is CCCc1cc(N2c3cc4c(cc3Bc3c(-c5cc6ccccc6cc5Nc5ccc(-c6ccccc6)cc5)cc(-c5ccccc5C)cc32)-c2cc3c(cc2C4)C(C)(C)CCC3(C)C)ccc1-c1c(C)cc2c(c1C)C(C)CCC2(C)C. The van der Waals surface area contributed by atoms with Crippen LogP contribution in [-0.2, 0) is 29.1 Å². The zero-order valence-electron chi connectivity index (χ0n) is 50.9. The summed E-state index contributed by atoms with van der Waals surface area (Å²) < 4.78 is 0. The van der Waals surface area contributed by atoms with Crippen molar-refractivity contribution in [3.05, 3.63) is 232 Å². The van der Waals surface area contributed by atoms with Crippen molar-refractivity contribution in [2.24, 2.45) is 0 Å². The van der Waals surface area contributed by atoms with E-state index >= 15 is 0 Å².